The SMILES string of the molecule is Cc1nc(-c2ccccc2)ccc1C(=O)Nc1ccccc1I. The number of rotatable bonds is 3. The first kappa shape index (κ1) is 15.7. The van der Waals surface area contributed by atoms with Gasteiger partial charge in [0.05, 0.1) is 22.6 Å². The summed E-state index contributed by atoms with van der Waals surface area (Å²) in [4.78, 5) is 17.0. The summed E-state index contributed by atoms with van der Waals surface area (Å²) >= 11 is 2.20. The van der Waals surface area contributed by atoms with E-state index < -0.39 is 0 Å². The Balaban J connectivity index is 1.86. The van der Waals surface area contributed by atoms with Crippen molar-refractivity contribution in [2.24, 2.45) is 0 Å². The van der Waals surface area contributed by atoms with E-state index in [1.54, 1.807) is 0 Å². The number of hydrogen-bond acceptors (Lipinski definition) is 2. The van der Waals surface area contributed by atoms with Crippen LogP contribution >= 0.6 is 22.6 Å². The average molecular weight is 414 g/mol. The van der Waals surface area contributed by atoms with E-state index in [0.717, 1.165) is 26.2 Å². The quantitative estimate of drug-likeness (QED) is 0.619. The molecule has 1 amide bonds. The lowest BCUT2D eigenvalue weighted by atomic mass is 10.1. The molecular weight excluding hydrogens is 399 g/mol. The smallest absolute Gasteiger partial charge is 0.257 e. The fourth-order valence-corrected chi connectivity index (χ4v) is 2.85. The zero-order valence-electron chi connectivity index (χ0n) is 12.6. The van der Waals surface area contributed by atoms with Crippen molar-refractivity contribution in [2.75, 3.05) is 5.32 Å². The standard InChI is InChI=1S/C19H15IN2O/c1-13-15(19(23)22-18-10-6-5-9-16(18)20)11-12-17(21-13)14-7-3-2-4-8-14/h2-12H,1H3,(H,22,23). The fraction of sp³-hybridized carbons (Fsp3) is 0.0526. The molecule has 114 valence electrons. The van der Waals surface area contributed by atoms with Crippen molar-refractivity contribution in [1.82, 2.24) is 4.98 Å². The van der Waals surface area contributed by atoms with E-state index >= 15 is 0 Å². The molecule has 0 aliphatic heterocycles. The van der Waals surface area contributed by atoms with Gasteiger partial charge in [0.25, 0.3) is 5.91 Å². The lowest BCUT2D eigenvalue weighted by molar-refractivity contribution is 0.102. The molecule has 0 spiro atoms. The van der Waals surface area contributed by atoms with Gasteiger partial charge in [-0.15, -0.1) is 0 Å². The predicted octanol–water partition coefficient (Wildman–Crippen LogP) is 4.91. The summed E-state index contributed by atoms with van der Waals surface area (Å²) in [7, 11) is 0. The number of amides is 1. The molecule has 0 aliphatic rings. The van der Waals surface area contributed by atoms with E-state index in [9.17, 15) is 4.79 Å². The first-order valence-corrected chi connectivity index (χ1v) is 8.32. The van der Waals surface area contributed by atoms with Crippen molar-refractivity contribution in [1.29, 1.82) is 0 Å². The summed E-state index contributed by atoms with van der Waals surface area (Å²) < 4.78 is 1.00. The van der Waals surface area contributed by atoms with Gasteiger partial charge in [-0.05, 0) is 53.8 Å². The van der Waals surface area contributed by atoms with Gasteiger partial charge in [0, 0.05) is 9.13 Å². The number of halogens is 1. The predicted molar refractivity (Wildman–Crippen MR) is 102 cm³/mol. The van der Waals surface area contributed by atoms with Gasteiger partial charge in [0.15, 0.2) is 0 Å². The minimum absolute atomic E-state index is 0.140. The molecule has 2 aromatic carbocycles. The van der Waals surface area contributed by atoms with Crippen LogP contribution in [0.1, 0.15) is 16.1 Å². The molecule has 1 N–H and O–H groups in total. The van der Waals surface area contributed by atoms with Crippen LogP contribution in [0.5, 0.6) is 0 Å². The van der Waals surface area contributed by atoms with Crippen molar-refractivity contribution in [3.05, 3.63) is 81.6 Å². The number of aromatic nitrogens is 1. The Labute approximate surface area is 148 Å². The average Bonchev–Trinajstić information content (AvgIpc) is 2.57. The number of benzene rings is 2. The van der Waals surface area contributed by atoms with Gasteiger partial charge in [0.2, 0.25) is 0 Å². The van der Waals surface area contributed by atoms with Crippen molar-refractivity contribution in [3.8, 4) is 11.3 Å². The maximum Gasteiger partial charge on any atom is 0.257 e. The van der Waals surface area contributed by atoms with Crippen LogP contribution in [0, 0.1) is 10.5 Å². The zero-order chi connectivity index (χ0) is 16.2. The van der Waals surface area contributed by atoms with Crippen LogP contribution in [0.2, 0.25) is 0 Å². The molecule has 0 radical (unpaired) electrons. The van der Waals surface area contributed by atoms with Crippen molar-refractivity contribution in [2.45, 2.75) is 6.92 Å². The second-order valence-corrected chi connectivity index (χ2v) is 6.29. The monoisotopic (exact) mass is 414 g/mol. The second-order valence-electron chi connectivity index (χ2n) is 5.13. The second kappa shape index (κ2) is 6.91. The number of aryl methyl sites for hydroxylation is 1. The fourth-order valence-electron chi connectivity index (χ4n) is 2.32. The summed E-state index contributed by atoms with van der Waals surface area (Å²) in [6, 6.07) is 21.3. The first-order chi connectivity index (χ1) is 11.1. The molecule has 0 atom stereocenters. The van der Waals surface area contributed by atoms with Gasteiger partial charge in [-0.2, -0.15) is 0 Å². The number of carbonyl (C=O) groups excluding carboxylic acids is 1. The zero-order valence-corrected chi connectivity index (χ0v) is 14.7. The normalized spacial score (nSPS) is 10.3. The Morgan fingerprint density at radius 3 is 2.35 bits per heavy atom. The molecule has 0 bridgehead atoms. The van der Waals surface area contributed by atoms with Gasteiger partial charge < -0.3 is 5.32 Å². The van der Waals surface area contributed by atoms with Gasteiger partial charge in [0.1, 0.15) is 0 Å². The van der Waals surface area contributed by atoms with Crippen LogP contribution in [-0.4, -0.2) is 10.9 Å². The largest absolute Gasteiger partial charge is 0.321 e. The highest BCUT2D eigenvalue weighted by Gasteiger charge is 2.12. The molecule has 0 aliphatic carbocycles. The third kappa shape index (κ3) is 3.59. The minimum atomic E-state index is -0.140. The van der Waals surface area contributed by atoms with E-state index in [-0.39, 0.29) is 5.91 Å². The number of para-hydroxylation sites is 1. The summed E-state index contributed by atoms with van der Waals surface area (Å²) in [5.41, 5.74) is 4.03. The highest BCUT2D eigenvalue weighted by Crippen LogP contribution is 2.21. The molecule has 3 aromatic rings. The number of carbonyl (C=O) groups is 1. The maximum absolute atomic E-state index is 12.5. The van der Waals surface area contributed by atoms with E-state index in [0.29, 0.717) is 5.56 Å². The van der Waals surface area contributed by atoms with E-state index in [4.69, 9.17) is 0 Å². The molecule has 0 unspecified atom stereocenters. The summed E-state index contributed by atoms with van der Waals surface area (Å²) in [5.74, 6) is -0.140. The third-order valence-electron chi connectivity index (χ3n) is 3.52. The maximum atomic E-state index is 12.5. The summed E-state index contributed by atoms with van der Waals surface area (Å²) in [6.07, 6.45) is 0. The minimum Gasteiger partial charge on any atom is -0.321 e. The Bertz CT molecular complexity index is 847. The van der Waals surface area contributed by atoms with Gasteiger partial charge >= 0.3 is 0 Å². The van der Waals surface area contributed by atoms with E-state index in [2.05, 4.69) is 32.9 Å². The van der Waals surface area contributed by atoms with Crippen molar-refractivity contribution >= 4 is 34.2 Å². The van der Waals surface area contributed by atoms with Crippen LogP contribution in [0.3, 0.4) is 0 Å². The van der Waals surface area contributed by atoms with Gasteiger partial charge in [-0.25, -0.2) is 0 Å². The molecule has 0 saturated carbocycles. The molecule has 23 heavy (non-hydrogen) atoms. The van der Waals surface area contributed by atoms with Crippen LogP contribution in [0.15, 0.2) is 66.7 Å². The Kier molecular flexibility index (Phi) is 4.71. The Morgan fingerprint density at radius 2 is 1.65 bits per heavy atom. The summed E-state index contributed by atoms with van der Waals surface area (Å²) in [5, 5.41) is 2.94. The van der Waals surface area contributed by atoms with Crippen LogP contribution in [-0.2, 0) is 0 Å². The van der Waals surface area contributed by atoms with E-state index in [1.165, 1.54) is 0 Å². The van der Waals surface area contributed by atoms with Crippen LogP contribution < -0.4 is 5.32 Å². The molecular formula is C19H15IN2O. The van der Waals surface area contributed by atoms with Crippen molar-refractivity contribution < 1.29 is 4.79 Å². The molecule has 1 aromatic heterocycles. The molecule has 3 rings (SSSR count). The number of hydrogen-bond donors (Lipinski definition) is 1. The number of anilines is 1. The lowest BCUT2D eigenvalue weighted by Gasteiger charge is -2.10. The number of pyridine rings is 1. The Morgan fingerprint density at radius 1 is 0.957 bits per heavy atom. The first-order valence-electron chi connectivity index (χ1n) is 7.24. The van der Waals surface area contributed by atoms with Crippen LogP contribution in [0.25, 0.3) is 11.3 Å². The van der Waals surface area contributed by atoms with Gasteiger partial charge in [-0.1, -0.05) is 42.5 Å². The highest BCUT2D eigenvalue weighted by molar-refractivity contribution is 14.1. The Hall–Kier alpha value is -2.21. The summed E-state index contributed by atoms with van der Waals surface area (Å²) in [6.45, 7) is 1.86. The molecule has 0 saturated heterocycles. The lowest BCUT2D eigenvalue weighted by Crippen LogP contribution is -2.15. The van der Waals surface area contributed by atoms with Crippen LogP contribution in [0.4, 0.5) is 5.69 Å². The molecule has 4 heteroatoms. The molecule has 3 nitrogen and oxygen atoms in total. The highest BCUT2D eigenvalue weighted by atomic mass is 127. The van der Waals surface area contributed by atoms with Gasteiger partial charge in [-0.3, -0.25) is 9.78 Å². The molecule has 1 heterocycles. The third-order valence-corrected chi connectivity index (χ3v) is 4.46. The van der Waals surface area contributed by atoms with E-state index in [1.807, 2.05) is 73.7 Å². The molecule has 0 fully saturated rings. The number of nitrogens with zero attached hydrogens (tertiary/aromatic N) is 1. The topological polar surface area (TPSA) is 42.0 Å². The van der Waals surface area contributed by atoms with Crippen molar-refractivity contribution in [3.63, 3.8) is 0 Å². The number of nitrogens with one attached hydrogen (secondary N) is 1.